The fourth-order valence-corrected chi connectivity index (χ4v) is 2.89. The molecular weight excluding hydrogens is 213 g/mol. The third kappa shape index (κ3) is 3.53. The molecule has 1 aromatic rings. The largest absolute Gasteiger partial charge is 0.328 e. The molecule has 0 bridgehead atoms. The Morgan fingerprint density at radius 2 is 2.06 bits per heavy atom. The molecule has 2 heteroatoms. The smallest absolute Gasteiger partial charge is 0.123 e. The van der Waals surface area contributed by atoms with Crippen LogP contribution in [0.2, 0.25) is 0 Å². The minimum atomic E-state index is -0.135. The molecule has 17 heavy (non-hydrogen) atoms. The Balaban J connectivity index is 2.03. The van der Waals surface area contributed by atoms with Crippen molar-refractivity contribution in [3.05, 3.63) is 35.1 Å². The van der Waals surface area contributed by atoms with E-state index in [1.165, 1.54) is 31.2 Å². The van der Waals surface area contributed by atoms with Crippen LogP contribution in [0.15, 0.2) is 18.2 Å². The number of hydrogen-bond donors (Lipinski definition) is 1. The van der Waals surface area contributed by atoms with Gasteiger partial charge >= 0.3 is 0 Å². The lowest BCUT2D eigenvalue weighted by Crippen LogP contribution is -2.22. The summed E-state index contributed by atoms with van der Waals surface area (Å²) in [6, 6.07) is 5.50. The van der Waals surface area contributed by atoms with Crippen molar-refractivity contribution in [1.82, 2.24) is 0 Å². The highest BCUT2D eigenvalue weighted by Gasteiger charge is 2.18. The van der Waals surface area contributed by atoms with Gasteiger partial charge in [-0.3, -0.25) is 0 Å². The molecule has 94 valence electrons. The van der Waals surface area contributed by atoms with Gasteiger partial charge in [-0.25, -0.2) is 4.39 Å². The number of aryl methyl sites for hydroxylation is 1. The van der Waals surface area contributed by atoms with Crippen molar-refractivity contribution in [2.24, 2.45) is 11.7 Å². The van der Waals surface area contributed by atoms with Crippen LogP contribution in [0.5, 0.6) is 0 Å². The average Bonchev–Trinajstić information content (AvgIpc) is 2.47. The Bertz CT molecular complexity index is 375. The van der Waals surface area contributed by atoms with Crippen LogP contribution in [0.25, 0.3) is 0 Å². The highest BCUT2D eigenvalue weighted by Crippen LogP contribution is 2.26. The van der Waals surface area contributed by atoms with Gasteiger partial charge in [0.1, 0.15) is 5.82 Å². The van der Waals surface area contributed by atoms with Crippen molar-refractivity contribution in [1.29, 1.82) is 0 Å². The van der Waals surface area contributed by atoms with E-state index in [0.29, 0.717) is 12.0 Å². The second kappa shape index (κ2) is 5.63. The van der Waals surface area contributed by atoms with Crippen LogP contribution in [0.3, 0.4) is 0 Å². The molecule has 1 aliphatic rings. The van der Waals surface area contributed by atoms with Crippen molar-refractivity contribution < 1.29 is 4.39 Å². The van der Waals surface area contributed by atoms with E-state index in [-0.39, 0.29) is 5.82 Å². The maximum atomic E-state index is 13.0. The Kier molecular flexibility index (Phi) is 4.16. The molecular formula is C15H22FN. The molecule has 1 saturated carbocycles. The standard InChI is InChI=1S/C15H22FN/c1-11-8-14(16)7-6-13(11)9-12-4-2-3-5-15(17)10-12/h6-8,12,15H,2-5,9-10,17H2,1H3. The first-order valence-corrected chi connectivity index (χ1v) is 6.66. The molecule has 0 heterocycles. The van der Waals surface area contributed by atoms with Gasteiger partial charge in [-0.2, -0.15) is 0 Å². The molecule has 1 aromatic carbocycles. The minimum Gasteiger partial charge on any atom is -0.328 e. The molecule has 2 rings (SSSR count). The van der Waals surface area contributed by atoms with Gasteiger partial charge < -0.3 is 5.73 Å². The summed E-state index contributed by atoms with van der Waals surface area (Å²) in [4.78, 5) is 0. The first-order chi connectivity index (χ1) is 8.15. The number of hydrogen-bond acceptors (Lipinski definition) is 1. The monoisotopic (exact) mass is 235 g/mol. The van der Waals surface area contributed by atoms with E-state index < -0.39 is 0 Å². The molecule has 2 atom stereocenters. The van der Waals surface area contributed by atoms with E-state index in [1.807, 2.05) is 13.0 Å². The quantitative estimate of drug-likeness (QED) is 0.779. The van der Waals surface area contributed by atoms with Crippen molar-refractivity contribution >= 4 is 0 Å². The van der Waals surface area contributed by atoms with Crippen LogP contribution < -0.4 is 5.73 Å². The number of nitrogens with two attached hydrogens (primary N) is 1. The fourth-order valence-electron chi connectivity index (χ4n) is 2.89. The summed E-state index contributed by atoms with van der Waals surface area (Å²) in [7, 11) is 0. The maximum absolute atomic E-state index is 13.0. The van der Waals surface area contributed by atoms with E-state index in [9.17, 15) is 4.39 Å². The van der Waals surface area contributed by atoms with Crippen LogP contribution in [-0.4, -0.2) is 6.04 Å². The molecule has 0 amide bonds. The molecule has 0 aliphatic heterocycles. The van der Waals surface area contributed by atoms with Gasteiger partial charge in [0.05, 0.1) is 0 Å². The normalized spacial score (nSPS) is 25.6. The molecule has 0 saturated heterocycles. The molecule has 1 fully saturated rings. The predicted molar refractivity (Wildman–Crippen MR) is 69.4 cm³/mol. The van der Waals surface area contributed by atoms with Crippen LogP contribution in [0.4, 0.5) is 4.39 Å². The Labute approximate surface area is 103 Å². The lowest BCUT2D eigenvalue weighted by molar-refractivity contribution is 0.430. The Hall–Kier alpha value is -0.890. The summed E-state index contributed by atoms with van der Waals surface area (Å²) in [6.45, 7) is 2.00. The second-order valence-electron chi connectivity index (χ2n) is 5.42. The summed E-state index contributed by atoms with van der Waals surface area (Å²) in [5, 5.41) is 0. The zero-order valence-corrected chi connectivity index (χ0v) is 10.6. The van der Waals surface area contributed by atoms with Gasteiger partial charge in [-0.05, 0) is 55.4 Å². The SMILES string of the molecule is Cc1cc(F)ccc1CC1CCCCC(N)C1. The van der Waals surface area contributed by atoms with Gasteiger partial charge in [0.2, 0.25) is 0 Å². The lowest BCUT2D eigenvalue weighted by Gasteiger charge is -2.18. The maximum Gasteiger partial charge on any atom is 0.123 e. The Morgan fingerprint density at radius 1 is 1.29 bits per heavy atom. The molecule has 2 N–H and O–H groups in total. The predicted octanol–water partition coefficient (Wildman–Crippen LogP) is 3.58. The molecule has 1 aliphatic carbocycles. The van der Waals surface area contributed by atoms with Crippen molar-refractivity contribution in [3.8, 4) is 0 Å². The van der Waals surface area contributed by atoms with Crippen molar-refractivity contribution in [3.63, 3.8) is 0 Å². The molecule has 2 unspecified atom stereocenters. The van der Waals surface area contributed by atoms with Crippen molar-refractivity contribution in [2.45, 2.75) is 51.5 Å². The Morgan fingerprint density at radius 3 is 2.82 bits per heavy atom. The van der Waals surface area contributed by atoms with Crippen LogP contribution in [0, 0.1) is 18.7 Å². The zero-order chi connectivity index (χ0) is 12.3. The number of rotatable bonds is 2. The second-order valence-corrected chi connectivity index (χ2v) is 5.42. The summed E-state index contributed by atoms with van der Waals surface area (Å²) in [5.41, 5.74) is 8.44. The molecule has 0 radical (unpaired) electrons. The molecule has 0 spiro atoms. The van der Waals surface area contributed by atoms with Gasteiger partial charge in [-0.1, -0.05) is 25.3 Å². The summed E-state index contributed by atoms with van der Waals surface area (Å²) in [5.74, 6) is 0.542. The molecule has 1 nitrogen and oxygen atoms in total. The first kappa shape index (κ1) is 12.6. The molecule has 0 aromatic heterocycles. The third-order valence-corrected chi connectivity index (χ3v) is 3.89. The van der Waals surface area contributed by atoms with Gasteiger partial charge in [-0.15, -0.1) is 0 Å². The minimum absolute atomic E-state index is 0.135. The van der Waals surface area contributed by atoms with Crippen molar-refractivity contribution in [2.75, 3.05) is 0 Å². The van der Waals surface area contributed by atoms with E-state index in [2.05, 4.69) is 0 Å². The topological polar surface area (TPSA) is 26.0 Å². The van der Waals surface area contributed by atoms with E-state index >= 15 is 0 Å². The highest BCUT2D eigenvalue weighted by atomic mass is 19.1. The fraction of sp³-hybridized carbons (Fsp3) is 0.600. The highest BCUT2D eigenvalue weighted by molar-refractivity contribution is 5.27. The lowest BCUT2D eigenvalue weighted by atomic mass is 9.89. The van der Waals surface area contributed by atoms with Gasteiger partial charge in [0, 0.05) is 6.04 Å². The third-order valence-electron chi connectivity index (χ3n) is 3.89. The summed E-state index contributed by atoms with van der Waals surface area (Å²) < 4.78 is 13.0. The summed E-state index contributed by atoms with van der Waals surface area (Å²) in [6.07, 6.45) is 7.17. The van der Waals surface area contributed by atoms with Crippen LogP contribution in [-0.2, 0) is 6.42 Å². The van der Waals surface area contributed by atoms with E-state index in [0.717, 1.165) is 18.4 Å². The van der Waals surface area contributed by atoms with Gasteiger partial charge in [0.25, 0.3) is 0 Å². The van der Waals surface area contributed by atoms with Crippen LogP contribution >= 0.6 is 0 Å². The number of halogens is 1. The average molecular weight is 235 g/mol. The zero-order valence-electron chi connectivity index (χ0n) is 10.6. The summed E-state index contributed by atoms with van der Waals surface area (Å²) >= 11 is 0. The number of benzene rings is 1. The van der Waals surface area contributed by atoms with Crippen LogP contribution in [0.1, 0.15) is 43.2 Å². The van der Waals surface area contributed by atoms with Gasteiger partial charge in [0.15, 0.2) is 0 Å². The first-order valence-electron chi connectivity index (χ1n) is 6.66. The van der Waals surface area contributed by atoms with E-state index in [4.69, 9.17) is 5.73 Å². The van der Waals surface area contributed by atoms with E-state index in [1.54, 1.807) is 12.1 Å².